The minimum Gasteiger partial charge on any atom is -0.503 e. The molecule has 9 rings (SSSR count). The van der Waals surface area contributed by atoms with Crippen LogP contribution in [0.5, 0.6) is 11.5 Å². The Labute approximate surface area is 291 Å². The van der Waals surface area contributed by atoms with E-state index in [-0.39, 0.29) is 26.5 Å². The molecule has 0 amide bonds. The molecular formula is C41H29N5OPt. The maximum Gasteiger partial charge on any atom is 2.00 e. The summed E-state index contributed by atoms with van der Waals surface area (Å²) in [6, 6.07) is 42.1. The molecule has 5 heterocycles. The van der Waals surface area contributed by atoms with Gasteiger partial charge >= 0.3 is 21.1 Å². The molecule has 0 saturated carbocycles. The van der Waals surface area contributed by atoms with E-state index in [4.69, 9.17) is 19.7 Å². The Balaban J connectivity index is 0.00000336. The monoisotopic (exact) mass is 802 g/mol. The van der Waals surface area contributed by atoms with Crippen molar-refractivity contribution in [1.29, 1.82) is 0 Å². The van der Waals surface area contributed by atoms with Gasteiger partial charge in [0, 0.05) is 41.2 Å². The van der Waals surface area contributed by atoms with Crippen LogP contribution < -0.4 is 4.74 Å². The molecule has 0 aliphatic carbocycles. The molecule has 0 spiro atoms. The van der Waals surface area contributed by atoms with Crippen molar-refractivity contribution in [3.63, 3.8) is 0 Å². The van der Waals surface area contributed by atoms with Gasteiger partial charge in [0.25, 0.3) is 0 Å². The van der Waals surface area contributed by atoms with E-state index in [1.165, 1.54) is 5.56 Å². The predicted octanol–water partition coefficient (Wildman–Crippen LogP) is 9.88. The van der Waals surface area contributed by atoms with E-state index in [0.717, 1.165) is 66.3 Å². The molecular weight excluding hydrogens is 774 g/mol. The standard InChI is InChI=1S/C41H29N5O.Pt/c1-41(2,3)27-19-21-42-38(22-27)46-36-14-8-7-12-31(36)32-18-16-29(24-37(32)46)47-28-15-17-30-33-13-9-20-43-39(33)45-25-35(26-10-5-4-6-11-26)44-40(45)34(30)23-28;/h4-22,25H,1-3H3;/q-2;+2. The van der Waals surface area contributed by atoms with Crippen LogP contribution in [0.4, 0.5) is 0 Å². The largest absolute Gasteiger partial charge is 2.00 e. The van der Waals surface area contributed by atoms with Crippen LogP contribution in [-0.4, -0.2) is 23.9 Å². The molecule has 6 nitrogen and oxygen atoms in total. The number of hydrogen-bond donors (Lipinski definition) is 0. The minimum atomic E-state index is -0.0100. The Bertz CT molecular complexity index is 2650. The van der Waals surface area contributed by atoms with E-state index in [1.807, 2.05) is 55.0 Å². The molecule has 4 aromatic carbocycles. The van der Waals surface area contributed by atoms with Crippen LogP contribution >= 0.6 is 0 Å². The fourth-order valence-electron chi connectivity index (χ4n) is 6.50. The normalized spacial score (nSPS) is 11.9. The molecule has 5 aromatic heterocycles. The number of ether oxygens (including phenoxy) is 1. The van der Waals surface area contributed by atoms with Gasteiger partial charge in [0.15, 0.2) is 0 Å². The first-order chi connectivity index (χ1) is 22.9. The summed E-state index contributed by atoms with van der Waals surface area (Å²) in [5.41, 5.74) is 6.73. The number of hydrogen-bond acceptors (Lipinski definition) is 4. The molecule has 48 heavy (non-hydrogen) atoms. The Morgan fingerprint density at radius 2 is 1.42 bits per heavy atom. The van der Waals surface area contributed by atoms with Gasteiger partial charge in [-0.3, -0.25) is 4.98 Å². The molecule has 0 aliphatic rings. The molecule has 0 atom stereocenters. The summed E-state index contributed by atoms with van der Waals surface area (Å²) in [5.74, 6) is 2.03. The summed E-state index contributed by atoms with van der Waals surface area (Å²) < 4.78 is 10.7. The van der Waals surface area contributed by atoms with Crippen molar-refractivity contribution in [2.75, 3.05) is 0 Å². The van der Waals surface area contributed by atoms with E-state index >= 15 is 0 Å². The third-order valence-electron chi connectivity index (χ3n) is 8.84. The topological polar surface area (TPSA) is 57.2 Å². The molecule has 7 heteroatoms. The Morgan fingerprint density at radius 3 is 2.25 bits per heavy atom. The smallest absolute Gasteiger partial charge is 0.503 e. The van der Waals surface area contributed by atoms with Crippen LogP contribution in [0.1, 0.15) is 26.3 Å². The average Bonchev–Trinajstić information content (AvgIpc) is 3.69. The number of pyridine rings is 3. The van der Waals surface area contributed by atoms with Crippen molar-refractivity contribution >= 4 is 49.3 Å². The van der Waals surface area contributed by atoms with Crippen molar-refractivity contribution in [1.82, 2.24) is 23.9 Å². The molecule has 0 bridgehead atoms. The van der Waals surface area contributed by atoms with Gasteiger partial charge in [0.05, 0.1) is 11.3 Å². The second kappa shape index (κ2) is 11.4. The number of rotatable bonds is 4. The maximum atomic E-state index is 6.51. The van der Waals surface area contributed by atoms with Crippen molar-refractivity contribution in [2.24, 2.45) is 0 Å². The Hall–Kier alpha value is -5.32. The zero-order valence-corrected chi connectivity index (χ0v) is 28.8. The van der Waals surface area contributed by atoms with Gasteiger partial charge in [0.1, 0.15) is 11.5 Å². The first kappa shape index (κ1) is 30.0. The Morgan fingerprint density at radius 1 is 0.667 bits per heavy atom. The molecule has 0 radical (unpaired) electrons. The van der Waals surface area contributed by atoms with E-state index in [1.54, 1.807) is 0 Å². The van der Waals surface area contributed by atoms with Gasteiger partial charge in [-0.05, 0) is 46.0 Å². The number of nitrogens with zero attached hydrogens (tertiary/aromatic N) is 5. The first-order valence-electron chi connectivity index (χ1n) is 15.7. The quantitative estimate of drug-likeness (QED) is 0.131. The van der Waals surface area contributed by atoms with Crippen molar-refractivity contribution in [3.05, 3.63) is 139 Å². The van der Waals surface area contributed by atoms with Crippen molar-refractivity contribution < 1.29 is 25.8 Å². The summed E-state index contributed by atoms with van der Waals surface area (Å²) in [6.45, 7) is 6.65. The van der Waals surface area contributed by atoms with Gasteiger partial charge in [-0.2, -0.15) is 6.07 Å². The molecule has 9 aromatic rings. The summed E-state index contributed by atoms with van der Waals surface area (Å²) in [6.07, 6.45) is 5.75. The van der Waals surface area contributed by atoms with Gasteiger partial charge in [-0.25, -0.2) is 9.97 Å². The Kier molecular flexibility index (Phi) is 7.15. The van der Waals surface area contributed by atoms with Crippen LogP contribution in [0.15, 0.2) is 122 Å². The van der Waals surface area contributed by atoms with Gasteiger partial charge in [-0.15, -0.1) is 29.7 Å². The molecule has 234 valence electrons. The summed E-state index contributed by atoms with van der Waals surface area (Å²) >= 11 is 0. The van der Waals surface area contributed by atoms with Gasteiger partial charge in [-0.1, -0.05) is 97.7 Å². The van der Waals surface area contributed by atoms with Crippen LogP contribution in [0.3, 0.4) is 0 Å². The predicted molar refractivity (Wildman–Crippen MR) is 188 cm³/mol. The number of benzene rings is 4. The summed E-state index contributed by atoms with van der Waals surface area (Å²) in [4.78, 5) is 14.6. The van der Waals surface area contributed by atoms with E-state index in [2.05, 4.69) is 109 Å². The van der Waals surface area contributed by atoms with Crippen molar-refractivity contribution in [3.8, 4) is 28.6 Å². The SMILES string of the molecule is CC(C)(C)c1ccnc(-n2c3[c-]c(Oc4[c-]c5c(cc4)c4cccnc4n4cc(-c6ccccc6)nc54)ccc3c3ccccc32)c1.[Pt+2]. The van der Waals surface area contributed by atoms with Crippen LogP contribution in [-0.2, 0) is 26.5 Å². The molecule has 0 N–H and O–H groups in total. The van der Waals surface area contributed by atoms with Gasteiger partial charge < -0.3 is 13.7 Å². The van der Waals surface area contributed by atoms with Gasteiger partial charge in [0.2, 0.25) is 0 Å². The molecule has 0 saturated heterocycles. The van der Waals surface area contributed by atoms with Crippen molar-refractivity contribution in [2.45, 2.75) is 26.2 Å². The molecule has 0 unspecified atom stereocenters. The molecule has 0 aliphatic heterocycles. The van der Waals surface area contributed by atoms with E-state index in [9.17, 15) is 0 Å². The average molecular weight is 803 g/mol. The third kappa shape index (κ3) is 4.87. The van der Waals surface area contributed by atoms with E-state index < -0.39 is 0 Å². The maximum absolute atomic E-state index is 6.51. The zero-order chi connectivity index (χ0) is 31.7. The van der Waals surface area contributed by atoms with Crippen LogP contribution in [0.2, 0.25) is 0 Å². The van der Waals surface area contributed by atoms with Crippen LogP contribution in [0, 0.1) is 12.1 Å². The second-order valence-electron chi connectivity index (χ2n) is 12.9. The minimum absolute atomic E-state index is 0. The fraction of sp³-hybridized carbons (Fsp3) is 0.0976. The third-order valence-corrected chi connectivity index (χ3v) is 8.84. The fourth-order valence-corrected chi connectivity index (χ4v) is 6.50. The summed E-state index contributed by atoms with van der Waals surface area (Å²) in [5, 5.41) is 5.13. The number of aromatic nitrogens is 5. The van der Waals surface area contributed by atoms with E-state index in [0.29, 0.717) is 11.5 Å². The zero-order valence-electron chi connectivity index (χ0n) is 26.5. The first-order valence-corrected chi connectivity index (χ1v) is 15.7. The second-order valence-corrected chi connectivity index (χ2v) is 12.9. The number of fused-ring (bicyclic) bond motifs is 9. The summed E-state index contributed by atoms with van der Waals surface area (Å²) in [7, 11) is 0. The number of para-hydroxylation sites is 1. The number of imidazole rings is 1. The van der Waals surface area contributed by atoms with Crippen LogP contribution in [0.25, 0.3) is 66.3 Å². The molecule has 0 fully saturated rings.